The number of rotatable bonds is 10. The van der Waals surface area contributed by atoms with Crippen LogP contribution in [0, 0.1) is 11.8 Å². The van der Waals surface area contributed by atoms with Gasteiger partial charge < -0.3 is 20.5 Å². The van der Waals surface area contributed by atoms with Crippen LogP contribution in [0.15, 0.2) is 65.1 Å². The number of hydrogen-bond acceptors (Lipinski definition) is 5. The van der Waals surface area contributed by atoms with E-state index in [1.165, 1.54) is 36.3 Å². The monoisotopic (exact) mass is 541 g/mol. The number of benzene rings is 2. The second kappa shape index (κ2) is 14.2. The first-order valence-corrected chi connectivity index (χ1v) is 13.7. The summed E-state index contributed by atoms with van der Waals surface area (Å²) in [6.45, 7) is 0.453. The van der Waals surface area contributed by atoms with Gasteiger partial charge in [-0.15, -0.1) is 0 Å². The number of pyridine rings is 1. The number of allylic oxidation sites excluding steroid dienone is 1. The first-order chi connectivity index (χ1) is 19.5. The molecular weight excluding hydrogens is 506 g/mol. The van der Waals surface area contributed by atoms with E-state index in [4.69, 9.17) is 9.84 Å². The van der Waals surface area contributed by atoms with Crippen LogP contribution in [-0.4, -0.2) is 48.3 Å². The van der Waals surface area contributed by atoms with Crippen molar-refractivity contribution in [2.24, 2.45) is 0 Å². The molecule has 2 amide bonds. The van der Waals surface area contributed by atoms with Gasteiger partial charge in [-0.1, -0.05) is 41.7 Å². The minimum Gasteiger partial charge on any atom is -0.495 e. The fraction of sp³-hybridized carbons (Fsp3) is 0.344. The predicted molar refractivity (Wildman–Crippen MR) is 156 cm³/mol. The van der Waals surface area contributed by atoms with Crippen LogP contribution < -0.4 is 20.9 Å². The number of aliphatic hydroxyl groups is 1. The van der Waals surface area contributed by atoms with Crippen LogP contribution in [0.3, 0.4) is 0 Å². The maximum atomic E-state index is 13.5. The number of nitrogens with one attached hydrogen (secondary N) is 2. The smallest absolute Gasteiger partial charge is 0.263 e. The van der Waals surface area contributed by atoms with E-state index in [2.05, 4.69) is 28.6 Å². The van der Waals surface area contributed by atoms with E-state index in [1.807, 2.05) is 0 Å². The molecule has 208 valence electrons. The van der Waals surface area contributed by atoms with Gasteiger partial charge in [0.2, 0.25) is 5.91 Å². The number of aromatic nitrogens is 1. The zero-order valence-corrected chi connectivity index (χ0v) is 22.8. The van der Waals surface area contributed by atoms with Crippen molar-refractivity contribution in [3.05, 3.63) is 81.8 Å². The van der Waals surface area contributed by atoms with Crippen LogP contribution in [-0.2, 0) is 4.79 Å². The van der Waals surface area contributed by atoms with Crippen molar-refractivity contribution >= 4 is 22.6 Å². The van der Waals surface area contributed by atoms with E-state index in [1.54, 1.807) is 42.5 Å². The highest BCUT2D eigenvalue weighted by Crippen LogP contribution is 2.25. The van der Waals surface area contributed by atoms with Crippen molar-refractivity contribution in [1.82, 2.24) is 15.2 Å². The van der Waals surface area contributed by atoms with E-state index in [-0.39, 0.29) is 30.2 Å². The lowest BCUT2D eigenvalue weighted by atomic mass is 9.97. The molecule has 8 heteroatoms. The van der Waals surface area contributed by atoms with E-state index in [9.17, 15) is 14.4 Å². The van der Waals surface area contributed by atoms with Crippen molar-refractivity contribution in [3.8, 4) is 23.3 Å². The minimum atomic E-state index is -0.458. The summed E-state index contributed by atoms with van der Waals surface area (Å²) >= 11 is 0. The highest BCUT2D eigenvalue weighted by molar-refractivity contribution is 6.07. The number of amides is 2. The number of carbonyl (C=O) groups is 2. The van der Waals surface area contributed by atoms with E-state index >= 15 is 0 Å². The van der Waals surface area contributed by atoms with Gasteiger partial charge in [0.15, 0.2) is 0 Å². The number of ether oxygens (including phenoxy) is 1. The predicted octanol–water partition coefficient (Wildman–Crippen LogP) is 3.86. The number of methoxy groups -OCH3 is 1. The molecule has 0 bridgehead atoms. The topological polar surface area (TPSA) is 110 Å². The Balaban J connectivity index is 1.55. The Labute approximate surface area is 234 Å². The van der Waals surface area contributed by atoms with Crippen LogP contribution >= 0.6 is 0 Å². The highest BCUT2D eigenvalue weighted by Gasteiger charge is 2.18. The molecule has 1 aliphatic rings. The van der Waals surface area contributed by atoms with Crippen molar-refractivity contribution in [2.45, 2.75) is 44.9 Å². The number of nitrogens with zero attached hydrogens (tertiary/aromatic N) is 1. The summed E-state index contributed by atoms with van der Waals surface area (Å²) in [6.07, 6.45) is 10.3. The van der Waals surface area contributed by atoms with E-state index in [0.29, 0.717) is 47.2 Å². The summed E-state index contributed by atoms with van der Waals surface area (Å²) in [4.78, 5) is 39.2. The van der Waals surface area contributed by atoms with Gasteiger partial charge in [0.25, 0.3) is 11.5 Å². The number of hydrogen-bond donors (Lipinski definition) is 3. The molecule has 0 saturated heterocycles. The fourth-order valence-corrected chi connectivity index (χ4v) is 4.75. The number of carbonyl (C=O) groups excluding carboxylic acids is 2. The summed E-state index contributed by atoms with van der Waals surface area (Å²) in [6, 6.07) is 12.1. The molecule has 1 heterocycles. The molecule has 0 unspecified atom stereocenters. The van der Waals surface area contributed by atoms with E-state index in [0.717, 1.165) is 19.3 Å². The Hall–Kier alpha value is -4.35. The Morgan fingerprint density at radius 2 is 1.93 bits per heavy atom. The van der Waals surface area contributed by atoms with Crippen LogP contribution in [0.4, 0.5) is 0 Å². The summed E-state index contributed by atoms with van der Waals surface area (Å²) in [5, 5.41) is 15.4. The number of fused-ring (bicyclic) bond motifs is 1. The lowest BCUT2D eigenvalue weighted by Gasteiger charge is -2.15. The van der Waals surface area contributed by atoms with Crippen molar-refractivity contribution < 1.29 is 19.4 Å². The average Bonchev–Trinajstić information content (AvgIpc) is 2.99. The summed E-state index contributed by atoms with van der Waals surface area (Å²) in [7, 11) is 1.50. The maximum absolute atomic E-state index is 13.5. The maximum Gasteiger partial charge on any atom is 0.263 e. The van der Waals surface area contributed by atoms with Crippen molar-refractivity contribution in [2.75, 3.05) is 26.8 Å². The molecule has 0 radical (unpaired) electrons. The van der Waals surface area contributed by atoms with E-state index < -0.39 is 5.91 Å². The molecule has 1 aliphatic carbocycles. The van der Waals surface area contributed by atoms with Gasteiger partial charge in [0, 0.05) is 42.1 Å². The summed E-state index contributed by atoms with van der Waals surface area (Å²) < 4.78 is 6.96. The number of unbranched alkanes of at least 4 members (excludes halogenated alkanes) is 1. The average molecular weight is 542 g/mol. The normalized spacial score (nSPS) is 12.7. The van der Waals surface area contributed by atoms with Crippen LogP contribution in [0.5, 0.6) is 5.75 Å². The molecule has 0 aliphatic heterocycles. The lowest BCUT2D eigenvalue weighted by molar-refractivity contribution is -0.120. The van der Waals surface area contributed by atoms with Gasteiger partial charge in [0.05, 0.1) is 24.9 Å². The molecule has 1 aromatic heterocycles. The third-order valence-electron chi connectivity index (χ3n) is 6.86. The van der Waals surface area contributed by atoms with Gasteiger partial charge in [-0.25, -0.2) is 0 Å². The largest absolute Gasteiger partial charge is 0.495 e. The molecule has 40 heavy (non-hydrogen) atoms. The van der Waals surface area contributed by atoms with Gasteiger partial charge in [-0.2, -0.15) is 0 Å². The van der Waals surface area contributed by atoms with Gasteiger partial charge >= 0.3 is 0 Å². The Kier molecular flexibility index (Phi) is 10.1. The Morgan fingerprint density at radius 1 is 1.10 bits per heavy atom. The third-order valence-corrected chi connectivity index (χ3v) is 6.86. The molecular formula is C32H35N3O5. The lowest BCUT2D eigenvalue weighted by Crippen LogP contribution is -2.38. The zero-order valence-electron chi connectivity index (χ0n) is 22.8. The van der Waals surface area contributed by atoms with Crippen molar-refractivity contribution in [1.29, 1.82) is 0 Å². The van der Waals surface area contributed by atoms with Gasteiger partial charge in [-0.05, 0) is 62.8 Å². The first-order valence-electron chi connectivity index (χ1n) is 13.7. The van der Waals surface area contributed by atoms with Crippen LogP contribution in [0.25, 0.3) is 16.5 Å². The quantitative estimate of drug-likeness (QED) is 0.205. The zero-order chi connectivity index (χ0) is 28.3. The molecule has 3 aromatic rings. The fourth-order valence-electron chi connectivity index (χ4n) is 4.75. The number of aliphatic hydroxyl groups excluding tert-OH is 1. The molecule has 4 rings (SSSR count). The van der Waals surface area contributed by atoms with Crippen molar-refractivity contribution in [3.63, 3.8) is 0 Å². The standard InChI is InChI=1S/C32H35N3O5/c1-40-29-20-24(12-6-3-9-19-36)15-16-28(29)35-22-27(25-13-7-8-14-26(25)32(35)39)31(38)34-21-30(37)33-18-17-23-10-4-2-5-11-23/h7-8,10,13-16,20,22,36H,2-5,9,11,17-19,21H2,1H3,(H,33,37)(H,34,38). The molecule has 0 saturated carbocycles. The third kappa shape index (κ3) is 7.19. The molecule has 0 atom stereocenters. The SMILES string of the molecule is COc1cc(C#CCCCO)ccc1-n1cc(C(=O)NCC(=O)NCCC2=CCCCC2)c2ccccc2c1=O. The van der Waals surface area contributed by atoms with Gasteiger partial charge in [0.1, 0.15) is 5.75 Å². The Morgan fingerprint density at radius 3 is 2.67 bits per heavy atom. The summed E-state index contributed by atoms with van der Waals surface area (Å²) in [5.41, 5.74) is 2.51. The first kappa shape index (κ1) is 28.7. The van der Waals surface area contributed by atoms with Gasteiger partial charge in [-0.3, -0.25) is 19.0 Å². The summed E-state index contributed by atoms with van der Waals surface area (Å²) in [5.74, 6) is 5.74. The van der Waals surface area contributed by atoms with Crippen LogP contribution in [0.1, 0.15) is 60.9 Å². The molecule has 3 N–H and O–H groups in total. The second-order valence-corrected chi connectivity index (χ2v) is 9.67. The Bertz CT molecular complexity index is 1530. The van der Waals surface area contributed by atoms with Crippen LogP contribution in [0.2, 0.25) is 0 Å². The second-order valence-electron chi connectivity index (χ2n) is 9.67. The minimum absolute atomic E-state index is 0.0842. The molecule has 2 aromatic carbocycles. The molecule has 0 spiro atoms. The molecule has 8 nitrogen and oxygen atoms in total. The highest BCUT2D eigenvalue weighted by atomic mass is 16.5. The molecule has 0 fully saturated rings.